The Labute approximate surface area is 160 Å². The van der Waals surface area contributed by atoms with Crippen molar-refractivity contribution in [3.8, 4) is 11.4 Å². The molecule has 0 fully saturated rings. The molecular weight excluding hydrogens is 371 g/mol. The number of alkyl halides is 3. The lowest BCUT2D eigenvalue weighted by Gasteiger charge is -2.19. The van der Waals surface area contributed by atoms with Gasteiger partial charge in [0.25, 0.3) is 5.91 Å². The van der Waals surface area contributed by atoms with Crippen LogP contribution in [-0.4, -0.2) is 29.8 Å². The van der Waals surface area contributed by atoms with Crippen LogP contribution in [0.4, 0.5) is 18.9 Å². The smallest absolute Gasteiger partial charge is 0.416 e. The lowest BCUT2D eigenvalue weighted by Crippen LogP contribution is -2.27. The highest BCUT2D eigenvalue weighted by molar-refractivity contribution is 6.07. The Kier molecular flexibility index (Phi) is 5.13. The fraction of sp³-hybridized carbons (Fsp3) is 0.200. The number of nitrogens with zero attached hydrogens (tertiary/aromatic N) is 3. The number of aromatic nitrogens is 2. The summed E-state index contributed by atoms with van der Waals surface area (Å²) in [6.45, 7) is 1.64. The van der Waals surface area contributed by atoms with Crippen molar-refractivity contribution in [2.24, 2.45) is 0 Å². The summed E-state index contributed by atoms with van der Waals surface area (Å²) in [5.41, 5.74) is 0.739. The molecule has 0 spiro atoms. The van der Waals surface area contributed by atoms with E-state index in [4.69, 9.17) is 4.74 Å². The van der Waals surface area contributed by atoms with Gasteiger partial charge >= 0.3 is 6.18 Å². The molecule has 5 nitrogen and oxygen atoms in total. The summed E-state index contributed by atoms with van der Waals surface area (Å²) < 4.78 is 45.5. The number of amides is 1. The lowest BCUT2D eigenvalue weighted by atomic mass is 10.1. The number of hydrogen-bond donors (Lipinski definition) is 0. The third kappa shape index (κ3) is 3.58. The third-order valence-electron chi connectivity index (χ3n) is 4.41. The molecule has 1 amide bonds. The highest BCUT2D eigenvalue weighted by Gasteiger charge is 2.31. The number of hydrogen-bond acceptors (Lipinski definition) is 3. The highest BCUT2D eigenvalue weighted by atomic mass is 19.4. The van der Waals surface area contributed by atoms with Gasteiger partial charge in [-0.25, -0.2) is 4.68 Å². The first-order valence-electron chi connectivity index (χ1n) is 8.37. The van der Waals surface area contributed by atoms with E-state index in [1.165, 1.54) is 35.0 Å². The molecule has 0 atom stereocenters. The number of carbonyl (C=O) groups excluding carboxylic acids is 1. The SMILES string of the molecule is COc1ccccc1N(C)C(=O)c1cnn(-c2cccc(C(F)(F)F)c2)c1C. The Balaban J connectivity index is 1.96. The summed E-state index contributed by atoms with van der Waals surface area (Å²) in [5.74, 6) is 0.182. The average Bonchev–Trinajstić information content (AvgIpc) is 3.07. The van der Waals surface area contributed by atoms with Crippen molar-refractivity contribution in [1.82, 2.24) is 9.78 Å². The Morgan fingerprint density at radius 2 is 1.86 bits per heavy atom. The van der Waals surface area contributed by atoms with Crippen molar-refractivity contribution in [3.05, 3.63) is 71.5 Å². The van der Waals surface area contributed by atoms with Gasteiger partial charge in [-0.15, -0.1) is 0 Å². The molecule has 0 saturated carbocycles. The standard InChI is InChI=1S/C20H18F3N3O2/c1-13-16(19(27)25(2)17-9-4-5-10-18(17)28-3)12-24-26(13)15-8-6-7-14(11-15)20(21,22)23/h4-12H,1-3H3. The van der Waals surface area contributed by atoms with Crippen molar-refractivity contribution in [2.75, 3.05) is 19.1 Å². The zero-order chi connectivity index (χ0) is 20.5. The predicted octanol–water partition coefficient (Wildman–Crippen LogP) is 4.48. The van der Waals surface area contributed by atoms with Crippen molar-refractivity contribution < 1.29 is 22.7 Å². The van der Waals surface area contributed by atoms with E-state index in [2.05, 4.69) is 5.10 Å². The molecule has 0 aliphatic heterocycles. The van der Waals surface area contributed by atoms with Gasteiger partial charge < -0.3 is 9.64 Å². The molecule has 1 heterocycles. The van der Waals surface area contributed by atoms with Crippen LogP contribution in [-0.2, 0) is 6.18 Å². The van der Waals surface area contributed by atoms with E-state index in [1.807, 2.05) is 0 Å². The number of benzene rings is 2. The summed E-state index contributed by atoms with van der Waals surface area (Å²) in [5, 5.41) is 4.12. The molecule has 0 N–H and O–H groups in total. The second-order valence-corrected chi connectivity index (χ2v) is 6.14. The van der Waals surface area contributed by atoms with Crippen LogP contribution < -0.4 is 9.64 Å². The maximum atomic E-state index is 13.0. The second kappa shape index (κ2) is 7.38. The van der Waals surface area contributed by atoms with E-state index in [-0.39, 0.29) is 17.2 Å². The number of carbonyl (C=O) groups is 1. The summed E-state index contributed by atoms with van der Waals surface area (Å²) in [6.07, 6.45) is -3.11. The molecular formula is C20H18F3N3O2. The van der Waals surface area contributed by atoms with E-state index in [0.717, 1.165) is 12.1 Å². The molecule has 1 aromatic heterocycles. The van der Waals surface area contributed by atoms with Gasteiger partial charge in [-0.05, 0) is 37.3 Å². The van der Waals surface area contributed by atoms with E-state index in [9.17, 15) is 18.0 Å². The van der Waals surface area contributed by atoms with Crippen LogP contribution in [0.5, 0.6) is 5.75 Å². The topological polar surface area (TPSA) is 47.4 Å². The third-order valence-corrected chi connectivity index (χ3v) is 4.41. The molecule has 3 rings (SSSR count). The monoisotopic (exact) mass is 389 g/mol. The van der Waals surface area contributed by atoms with Gasteiger partial charge in [-0.1, -0.05) is 18.2 Å². The number of halogens is 3. The number of methoxy groups -OCH3 is 1. The number of anilines is 1. The zero-order valence-electron chi connectivity index (χ0n) is 15.5. The van der Waals surface area contributed by atoms with Gasteiger partial charge in [-0.3, -0.25) is 4.79 Å². The quantitative estimate of drug-likeness (QED) is 0.661. The first-order chi connectivity index (χ1) is 13.2. The van der Waals surface area contributed by atoms with E-state index >= 15 is 0 Å². The van der Waals surface area contributed by atoms with Crippen molar-refractivity contribution >= 4 is 11.6 Å². The van der Waals surface area contributed by atoms with E-state index in [1.54, 1.807) is 38.2 Å². The second-order valence-electron chi connectivity index (χ2n) is 6.14. The van der Waals surface area contributed by atoms with Gasteiger partial charge in [0.05, 0.1) is 41.5 Å². The summed E-state index contributed by atoms with van der Waals surface area (Å²) in [4.78, 5) is 14.4. The number of ether oxygens (including phenoxy) is 1. The summed E-state index contributed by atoms with van der Waals surface area (Å²) in [6, 6.07) is 11.8. The van der Waals surface area contributed by atoms with Crippen LogP contribution in [0.2, 0.25) is 0 Å². The maximum Gasteiger partial charge on any atom is 0.416 e. The lowest BCUT2D eigenvalue weighted by molar-refractivity contribution is -0.137. The predicted molar refractivity (Wildman–Crippen MR) is 99.0 cm³/mol. The molecule has 28 heavy (non-hydrogen) atoms. The number of para-hydroxylation sites is 2. The minimum absolute atomic E-state index is 0.228. The molecule has 8 heteroatoms. The Morgan fingerprint density at radius 1 is 1.14 bits per heavy atom. The number of rotatable bonds is 4. The summed E-state index contributed by atoms with van der Waals surface area (Å²) >= 11 is 0. The average molecular weight is 389 g/mol. The Hall–Kier alpha value is -3.29. The van der Waals surface area contributed by atoms with Crippen molar-refractivity contribution in [1.29, 1.82) is 0 Å². The Bertz CT molecular complexity index is 1010. The van der Waals surface area contributed by atoms with Crippen LogP contribution in [0, 0.1) is 6.92 Å². The molecule has 0 saturated heterocycles. The van der Waals surface area contributed by atoms with Gasteiger partial charge in [0, 0.05) is 7.05 Å². The molecule has 0 radical (unpaired) electrons. The molecule has 0 unspecified atom stereocenters. The van der Waals surface area contributed by atoms with Crippen molar-refractivity contribution in [2.45, 2.75) is 13.1 Å². The first-order valence-corrected chi connectivity index (χ1v) is 8.37. The van der Waals surface area contributed by atoms with Gasteiger partial charge in [-0.2, -0.15) is 18.3 Å². The zero-order valence-corrected chi connectivity index (χ0v) is 15.5. The van der Waals surface area contributed by atoms with E-state index < -0.39 is 11.7 Å². The molecule has 2 aromatic carbocycles. The largest absolute Gasteiger partial charge is 0.495 e. The highest BCUT2D eigenvalue weighted by Crippen LogP contribution is 2.31. The van der Waals surface area contributed by atoms with Crippen LogP contribution >= 0.6 is 0 Å². The minimum atomic E-state index is -4.46. The van der Waals surface area contributed by atoms with Crippen molar-refractivity contribution in [3.63, 3.8) is 0 Å². The van der Waals surface area contributed by atoms with Gasteiger partial charge in [0.1, 0.15) is 5.75 Å². The maximum absolute atomic E-state index is 13.0. The Morgan fingerprint density at radius 3 is 2.54 bits per heavy atom. The van der Waals surface area contributed by atoms with Crippen LogP contribution in [0.3, 0.4) is 0 Å². The van der Waals surface area contributed by atoms with E-state index in [0.29, 0.717) is 17.1 Å². The first kappa shape index (κ1) is 19.5. The summed E-state index contributed by atoms with van der Waals surface area (Å²) in [7, 11) is 3.11. The normalized spacial score (nSPS) is 11.4. The molecule has 0 aliphatic carbocycles. The van der Waals surface area contributed by atoms with Gasteiger partial charge in [0.15, 0.2) is 0 Å². The molecule has 3 aromatic rings. The van der Waals surface area contributed by atoms with Crippen LogP contribution in [0.25, 0.3) is 5.69 Å². The molecule has 0 aliphatic rings. The van der Waals surface area contributed by atoms with Crippen LogP contribution in [0.1, 0.15) is 21.6 Å². The van der Waals surface area contributed by atoms with Gasteiger partial charge in [0.2, 0.25) is 0 Å². The van der Waals surface area contributed by atoms with Crippen LogP contribution in [0.15, 0.2) is 54.7 Å². The fourth-order valence-electron chi connectivity index (χ4n) is 2.89. The minimum Gasteiger partial charge on any atom is -0.495 e. The molecule has 0 bridgehead atoms. The fourth-order valence-corrected chi connectivity index (χ4v) is 2.89. The molecule has 146 valence electrons.